The Morgan fingerprint density at radius 3 is 2.89 bits per heavy atom. The van der Waals surface area contributed by atoms with E-state index in [9.17, 15) is 18.4 Å². The van der Waals surface area contributed by atoms with Gasteiger partial charge in [-0.1, -0.05) is 6.07 Å². The molecule has 0 unspecified atom stereocenters. The van der Waals surface area contributed by atoms with E-state index in [-0.39, 0.29) is 29.6 Å². The Labute approximate surface area is 156 Å². The van der Waals surface area contributed by atoms with Gasteiger partial charge in [0.15, 0.2) is 5.82 Å². The van der Waals surface area contributed by atoms with Crippen LogP contribution in [0.1, 0.15) is 33.1 Å². The number of nitrogens with one attached hydrogen (secondary N) is 2. The Kier molecular flexibility index (Phi) is 4.23. The minimum absolute atomic E-state index is 0.147. The highest BCUT2D eigenvalue weighted by atomic mass is 32.1. The third-order valence-electron chi connectivity index (χ3n) is 4.37. The number of rotatable bonds is 3. The number of fused-ring (bicyclic) bond motifs is 1. The van der Waals surface area contributed by atoms with Crippen molar-refractivity contribution in [2.45, 2.75) is 12.3 Å². The van der Waals surface area contributed by atoms with Gasteiger partial charge >= 0.3 is 0 Å². The van der Waals surface area contributed by atoms with Crippen LogP contribution in [0.15, 0.2) is 35.7 Å². The summed E-state index contributed by atoms with van der Waals surface area (Å²) < 4.78 is 28.5. The highest BCUT2D eigenvalue weighted by Crippen LogP contribution is 2.42. The molecule has 3 aromatic rings. The molecule has 9 heteroatoms. The van der Waals surface area contributed by atoms with Gasteiger partial charge in [0.2, 0.25) is 5.91 Å². The van der Waals surface area contributed by atoms with Crippen LogP contribution in [-0.4, -0.2) is 21.6 Å². The second-order valence-corrected chi connectivity index (χ2v) is 7.11. The van der Waals surface area contributed by atoms with Gasteiger partial charge in [-0.15, -0.1) is 11.3 Å². The maximum absolute atomic E-state index is 13.9. The number of carbonyl (C=O) groups is 2. The molecular weight excluding hydrogens is 374 g/mol. The lowest BCUT2D eigenvalue weighted by Crippen LogP contribution is -2.25. The van der Waals surface area contributed by atoms with Crippen molar-refractivity contribution in [2.24, 2.45) is 7.05 Å². The molecule has 1 aliphatic heterocycles. The first-order chi connectivity index (χ1) is 12.9. The summed E-state index contributed by atoms with van der Waals surface area (Å²) in [5.41, 5.74) is 0.374. The number of aromatic nitrogens is 2. The van der Waals surface area contributed by atoms with Crippen LogP contribution in [0.2, 0.25) is 0 Å². The van der Waals surface area contributed by atoms with Gasteiger partial charge in [0.25, 0.3) is 5.91 Å². The molecule has 0 fully saturated rings. The molecule has 3 heterocycles. The predicted molar refractivity (Wildman–Crippen MR) is 96.9 cm³/mol. The van der Waals surface area contributed by atoms with Crippen molar-refractivity contribution in [3.05, 3.63) is 63.4 Å². The molecule has 2 N–H and O–H groups in total. The molecule has 1 aromatic carbocycles. The lowest BCUT2D eigenvalue weighted by Gasteiger charge is -2.23. The molecule has 138 valence electrons. The molecule has 1 aliphatic rings. The van der Waals surface area contributed by atoms with Crippen LogP contribution < -0.4 is 10.6 Å². The molecule has 0 bridgehead atoms. The van der Waals surface area contributed by atoms with Gasteiger partial charge in [-0.25, -0.2) is 8.78 Å². The van der Waals surface area contributed by atoms with Crippen LogP contribution in [0.4, 0.5) is 20.4 Å². The van der Waals surface area contributed by atoms with Crippen LogP contribution in [0.3, 0.4) is 0 Å². The van der Waals surface area contributed by atoms with Gasteiger partial charge in [-0.05, 0) is 23.6 Å². The zero-order valence-electron chi connectivity index (χ0n) is 14.1. The summed E-state index contributed by atoms with van der Waals surface area (Å²) in [6.07, 6.45) is 0.215. The summed E-state index contributed by atoms with van der Waals surface area (Å²) in [4.78, 5) is 25.5. The lowest BCUT2D eigenvalue weighted by atomic mass is 9.92. The van der Waals surface area contributed by atoms with E-state index in [4.69, 9.17) is 0 Å². The van der Waals surface area contributed by atoms with Crippen LogP contribution in [0, 0.1) is 11.6 Å². The highest BCUT2D eigenvalue weighted by Gasteiger charge is 2.34. The van der Waals surface area contributed by atoms with E-state index in [1.54, 1.807) is 7.05 Å². The van der Waals surface area contributed by atoms with Crippen molar-refractivity contribution >= 4 is 34.8 Å². The number of amides is 2. The zero-order valence-corrected chi connectivity index (χ0v) is 14.9. The van der Waals surface area contributed by atoms with Crippen molar-refractivity contribution in [2.75, 3.05) is 10.6 Å². The van der Waals surface area contributed by atoms with E-state index in [0.717, 1.165) is 17.0 Å². The van der Waals surface area contributed by atoms with E-state index in [1.165, 1.54) is 16.0 Å². The third-order valence-corrected chi connectivity index (χ3v) is 5.36. The SMILES string of the molecule is Cn1nc(NC(=O)c2ccc(F)cc2F)c2c1NC(=O)C[C@@H]2c1cccs1. The van der Waals surface area contributed by atoms with Crippen molar-refractivity contribution in [3.63, 3.8) is 0 Å². The second-order valence-electron chi connectivity index (χ2n) is 6.13. The number of hydrogen-bond acceptors (Lipinski definition) is 4. The molecule has 0 radical (unpaired) electrons. The Morgan fingerprint density at radius 1 is 1.37 bits per heavy atom. The summed E-state index contributed by atoms with van der Waals surface area (Å²) in [5, 5.41) is 11.5. The third kappa shape index (κ3) is 3.10. The smallest absolute Gasteiger partial charge is 0.259 e. The molecule has 0 spiro atoms. The lowest BCUT2D eigenvalue weighted by molar-refractivity contribution is -0.116. The highest BCUT2D eigenvalue weighted by molar-refractivity contribution is 7.10. The van der Waals surface area contributed by atoms with Gasteiger partial charge in [-0.3, -0.25) is 14.3 Å². The van der Waals surface area contributed by atoms with E-state index < -0.39 is 17.5 Å². The number of nitrogens with zero attached hydrogens (tertiary/aromatic N) is 2. The fourth-order valence-corrected chi connectivity index (χ4v) is 4.00. The quantitative estimate of drug-likeness (QED) is 0.721. The minimum Gasteiger partial charge on any atom is -0.311 e. The molecule has 0 aliphatic carbocycles. The van der Waals surface area contributed by atoms with Crippen LogP contribution in [-0.2, 0) is 11.8 Å². The first-order valence-corrected chi connectivity index (χ1v) is 8.98. The van der Waals surface area contributed by atoms with Crippen LogP contribution >= 0.6 is 11.3 Å². The molecule has 2 amide bonds. The second kappa shape index (κ2) is 6.58. The minimum atomic E-state index is -0.958. The maximum atomic E-state index is 13.9. The number of carbonyl (C=O) groups excluding carboxylic acids is 2. The van der Waals surface area contributed by atoms with E-state index in [0.29, 0.717) is 17.4 Å². The molecule has 0 saturated carbocycles. The van der Waals surface area contributed by atoms with Crippen molar-refractivity contribution < 1.29 is 18.4 Å². The average Bonchev–Trinajstić information content (AvgIpc) is 3.23. The van der Waals surface area contributed by atoms with Gasteiger partial charge in [0.1, 0.15) is 17.5 Å². The standard InChI is InChI=1S/C18H14F2N4O2S/c1-24-17-15(11(8-14(25)21-17)13-3-2-6-27-13)16(23-24)22-18(26)10-5-4-9(19)7-12(10)20/h2-7,11H,8H2,1H3,(H,21,25)(H,22,23,26)/t11-/m1/s1. The summed E-state index contributed by atoms with van der Waals surface area (Å²) in [5.74, 6) is -2.16. The molecular formula is C18H14F2N4O2S. The number of anilines is 2. The van der Waals surface area contributed by atoms with Crippen molar-refractivity contribution in [1.29, 1.82) is 0 Å². The summed E-state index contributed by atoms with van der Waals surface area (Å²) in [6, 6.07) is 6.54. The number of thiophene rings is 1. The molecule has 6 nitrogen and oxygen atoms in total. The van der Waals surface area contributed by atoms with Crippen LogP contribution in [0.5, 0.6) is 0 Å². The molecule has 2 aromatic heterocycles. The van der Waals surface area contributed by atoms with Gasteiger partial charge in [-0.2, -0.15) is 5.10 Å². The van der Waals surface area contributed by atoms with E-state index in [2.05, 4.69) is 15.7 Å². The fraction of sp³-hybridized carbons (Fsp3) is 0.167. The Morgan fingerprint density at radius 2 is 2.19 bits per heavy atom. The van der Waals surface area contributed by atoms with Crippen molar-refractivity contribution in [3.8, 4) is 0 Å². The van der Waals surface area contributed by atoms with Crippen molar-refractivity contribution in [1.82, 2.24) is 9.78 Å². The number of hydrogen-bond donors (Lipinski definition) is 2. The summed E-state index contributed by atoms with van der Waals surface area (Å²) in [7, 11) is 1.64. The number of aryl methyl sites for hydroxylation is 1. The fourth-order valence-electron chi connectivity index (χ4n) is 3.16. The molecule has 4 rings (SSSR count). The monoisotopic (exact) mass is 388 g/mol. The average molecular weight is 388 g/mol. The zero-order chi connectivity index (χ0) is 19.1. The molecule has 0 saturated heterocycles. The maximum Gasteiger partial charge on any atom is 0.259 e. The van der Waals surface area contributed by atoms with E-state index in [1.807, 2.05) is 17.5 Å². The summed E-state index contributed by atoms with van der Waals surface area (Å²) >= 11 is 1.50. The molecule has 27 heavy (non-hydrogen) atoms. The summed E-state index contributed by atoms with van der Waals surface area (Å²) in [6.45, 7) is 0. The van der Waals surface area contributed by atoms with E-state index >= 15 is 0 Å². The normalized spacial score (nSPS) is 16.0. The van der Waals surface area contributed by atoms with Gasteiger partial charge in [0.05, 0.1) is 5.56 Å². The first-order valence-electron chi connectivity index (χ1n) is 8.10. The number of halogens is 2. The Bertz CT molecular complexity index is 1050. The van der Waals surface area contributed by atoms with Gasteiger partial charge in [0, 0.05) is 35.9 Å². The Hall–Kier alpha value is -3.07. The molecule has 1 atom stereocenters. The number of benzene rings is 1. The topological polar surface area (TPSA) is 76.0 Å². The predicted octanol–water partition coefficient (Wildman–Crippen LogP) is 3.49. The van der Waals surface area contributed by atoms with Gasteiger partial charge < -0.3 is 10.6 Å². The first kappa shape index (κ1) is 17.3. The Balaban J connectivity index is 1.73. The largest absolute Gasteiger partial charge is 0.311 e. The van der Waals surface area contributed by atoms with Crippen LogP contribution in [0.25, 0.3) is 0 Å².